The molecule has 0 radical (unpaired) electrons. The maximum atomic E-state index is 14.5. The van der Waals surface area contributed by atoms with Gasteiger partial charge in [0, 0.05) is 32.2 Å². The fraction of sp³-hybridized carbons (Fsp3) is 0.744. The van der Waals surface area contributed by atoms with Crippen LogP contribution in [0.25, 0.3) is 0 Å². The van der Waals surface area contributed by atoms with Crippen LogP contribution in [0, 0.1) is 17.3 Å². The van der Waals surface area contributed by atoms with Gasteiger partial charge in [-0.05, 0) is 87.4 Å². The zero-order chi connectivity index (χ0) is 42.2. The second kappa shape index (κ2) is 20.7. The maximum absolute atomic E-state index is 14.5. The highest BCUT2D eigenvalue weighted by Gasteiger charge is 2.44. The number of esters is 1. The van der Waals surface area contributed by atoms with E-state index >= 15 is 0 Å². The minimum Gasteiger partial charge on any atom is -0.497 e. The molecule has 14 heteroatoms. The first-order valence-electron chi connectivity index (χ1n) is 20.8. The normalized spacial score (nSPS) is 31.8. The lowest BCUT2D eigenvalue weighted by molar-refractivity contribution is -0.166. The summed E-state index contributed by atoms with van der Waals surface area (Å²) in [6.45, 7) is 14.1. The third-order valence-electron chi connectivity index (χ3n) is 12.1. The van der Waals surface area contributed by atoms with E-state index in [0.29, 0.717) is 57.2 Å². The summed E-state index contributed by atoms with van der Waals surface area (Å²) in [5.41, 5.74) is 0.473. The van der Waals surface area contributed by atoms with Crippen LogP contribution < -0.4 is 10.1 Å². The molecule has 10 unspecified atom stereocenters. The number of hydrogen-bond acceptors (Lipinski definition) is 11. The molecule has 1 aromatic rings. The summed E-state index contributed by atoms with van der Waals surface area (Å²) in [5.74, 6) is -0.148. The second-order valence-electron chi connectivity index (χ2n) is 17.7. The predicted molar refractivity (Wildman–Crippen MR) is 224 cm³/mol. The largest absolute Gasteiger partial charge is 0.497 e. The number of carbonyl (C=O) groups excluding carboxylic acids is 4. The van der Waals surface area contributed by atoms with Crippen molar-refractivity contribution in [2.75, 3.05) is 33.5 Å². The summed E-state index contributed by atoms with van der Waals surface area (Å²) in [6.07, 6.45) is 1.84. The summed E-state index contributed by atoms with van der Waals surface area (Å²) < 4.78 is 11.6. The Morgan fingerprint density at radius 1 is 1.04 bits per heavy atom. The Labute approximate surface area is 344 Å². The van der Waals surface area contributed by atoms with Crippen LogP contribution in [0.2, 0.25) is 0 Å². The molecule has 4 rings (SSSR count). The molecule has 2 bridgehead atoms. The summed E-state index contributed by atoms with van der Waals surface area (Å²) >= 11 is 1.61. The SMILES string of the molecule is CCC(C)C1C(=O)N2CCCC2C(=O)OC(C(C)(C)C)CC(C)CC(O)CC2=NC(CCC(=O)NC(Cc3ccc(OC)cc3)C(O)N(C)C(C)C(=O)N1C)CS2. The molecule has 320 valence electrons. The molecule has 10 atom stereocenters. The highest BCUT2D eigenvalue weighted by atomic mass is 32.2. The van der Waals surface area contributed by atoms with Crippen molar-refractivity contribution in [1.82, 2.24) is 20.0 Å². The lowest BCUT2D eigenvalue weighted by Gasteiger charge is -2.40. The van der Waals surface area contributed by atoms with Crippen LogP contribution in [-0.2, 0) is 30.3 Å². The van der Waals surface area contributed by atoms with Crippen molar-refractivity contribution in [1.29, 1.82) is 0 Å². The number of thioether (sulfide) groups is 1. The highest BCUT2D eigenvalue weighted by Crippen LogP contribution is 2.33. The van der Waals surface area contributed by atoms with Crippen molar-refractivity contribution in [2.45, 2.75) is 155 Å². The molecule has 57 heavy (non-hydrogen) atoms. The number of rotatable bonds is 5. The van der Waals surface area contributed by atoms with Gasteiger partial charge in [0.1, 0.15) is 30.2 Å². The van der Waals surface area contributed by atoms with Crippen molar-refractivity contribution in [2.24, 2.45) is 22.2 Å². The van der Waals surface area contributed by atoms with E-state index in [-0.39, 0.29) is 53.9 Å². The van der Waals surface area contributed by atoms with Gasteiger partial charge in [0.15, 0.2) is 0 Å². The molecule has 3 amide bonds. The Hall–Kier alpha value is -3.20. The molecule has 3 heterocycles. The van der Waals surface area contributed by atoms with Gasteiger partial charge in [-0.15, -0.1) is 11.8 Å². The van der Waals surface area contributed by atoms with Gasteiger partial charge < -0.3 is 34.8 Å². The van der Waals surface area contributed by atoms with Crippen LogP contribution >= 0.6 is 11.8 Å². The van der Waals surface area contributed by atoms with Crippen LogP contribution in [0.5, 0.6) is 5.75 Å². The average molecular weight is 816 g/mol. The van der Waals surface area contributed by atoms with E-state index in [4.69, 9.17) is 14.5 Å². The Balaban J connectivity index is 1.67. The summed E-state index contributed by atoms with van der Waals surface area (Å²) in [6, 6.07) is 4.04. The van der Waals surface area contributed by atoms with Crippen LogP contribution in [0.15, 0.2) is 29.3 Å². The zero-order valence-corrected chi connectivity index (χ0v) is 36.7. The standard InChI is InChI=1S/C43H69N5O8S/c1-11-27(3)38-41(53)48-20-12-13-34(48)42(54)56-35(43(5,6)7)22-26(2)21-31(49)24-37-44-30(25-57-37)16-19-36(50)45-33(23-29-14-17-32(55-10)18-15-29)40(52)46(8)28(4)39(51)47(38)9/h14-15,17-18,26-28,30-31,33-35,38,40,49,52H,11-13,16,19-25H2,1-10H3,(H,45,50). The van der Waals surface area contributed by atoms with Gasteiger partial charge in [0.25, 0.3) is 0 Å². The second-order valence-corrected chi connectivity index (χ2v) is 18.8. The van der Waals surface area contributed by atoms with Crippen molar-refractivity contribution < 1.29 is 38.9 Å². The third-order valence-corrected chi connectivity index (χ3v) is 13.3. The minimum absolute atomic E-state index is 0.0371. The van der Waals surface area contributed by atoms with E-state index in [2.05, 4.69) is 12.2 Å². The number of cyclic esters (lactones) is 1. The molecule has 0 aromatic heterocycles. The molecular formula is C43H69N5O8S. The van der Waals surface area contributed by atoms with Gasteiger partial charge in [-0.2, -0.15) is 0 Å². The highest BCUT2D eigenvalue weighted by molar-refractivity contribution is 8.14. The predicted octanol–water partition coefficient (Wildman–Crippen LogP) is 4.66. The lowest BCUT2D eigenvalue weighted by Crippen LogP contribution is -2.60. The smallest absolute Gasteiger partial charge is 0.329 e. The number of nitrogens with zero attached hydrogens (tertiary/aromatic N) is 4. The topological polar surface area (TPSA) is 161 Å². The van der Waals surface area contributed by atoms with Crippen molar-refractivity contribution in [3.05, 3.63) is 29.8 Å². The number of aliphatic imine (C=N–C) groups is 1. The molecular weight excluding hydrogens is 747 g/mol. The molecule has 3 aliphatic heterocycles. The molecule has 1 fully saturated rings. The van der Waals surface area contributed by atoms with E-state index in [0.717, 1.165) is 16.4 Å². The van der Waals surface area contributed by atoms with Gasteiger partial charge in [-0.25, -0.2) is 4.79 Å². The van der Waals surface area contributed by atoms with Gasteiger partial charge in [-0.3, -0.25) is 24.3 Å². The molecule has 0 aliphatic carbocycles. The number of amides is 3. The van der Waals surface area contributed by atoms with Crippen LogP contribution in [-0.4, -0.2) is 136 Å². The Bertz CT molecular complexity index is 1550. The van der Waals surface area contributed by atoms with Crippen LogP contribution in [0.1, 0.15) is 105 Å². The molecule has 0 saturated carbocycles. The van der Waals surface area contributed by atoms with Crippen LogP contribution in [0.3, 0.4) is 0 Å². The number of aliphatic hydroxyl groups excluding tert-OH is 2. The van der Waals surface area contributed by atoms with Gasteiger partial charge >= 0.3 is 5.97 Å². The Morgan fingerprint density at radius 2 is 1.72 bits per heavy atom. The molecule has 0 spiro atoms. The molecule has 13 nitrogen and oxygen atoms in total. The van der Waals surface area contributed by atoms with Gasteiger partial charge in [0.05, 0.1) is 36.4 Å². The number of fused-ring (bicyclic) bond motifs is 2. The third kappa shape index (κ3) is 12.4. The molecule has 3 aliphatic rings. The minimum atomic E-state index is -1.26. The number of methoxy groups -OCH3 is 1. The number of hydrogen-bond donors (Lipinski definition) is 3. The number of aliphatic hydroxyl groups is 2. The summed E-state index contributed by atoms with van der Waals surface area (Å²) in [5, 5.41) is 26.9. The zero-order valence-electron chi connectivity index (χ0n) is 35.9. The first kappa shape index (κ1) is 46.5. The molecule has 3 N–H and O–H groups in total. The van der Waals surface area contributed by atoms with E-state index in [1.807, 2.05) is 58.9 Å². The number of carbonyl (C=O) groups is 4. The first-order valence-corrected chi connectivity index (χ1v) is 21.8. The van der Waals surface area contributed by atoms with Crippen molar-refractivity contribution >= 4 is 40.5 Å². The lowest BCUT2D eigenvalue weighted by atomic mass is 9.82. The fourth-order valence-corrected chi connectivity index (χ4v) is 9.30. The average Bonchev–Trinajstić information content (AvgIpc) is 3.85. The maximum Gasteiger partial charge on any atom is 0.329 e. The van der Waals surface area contributed by atoms with Crippen molar-refractivity contribution in [3.8, 4) is 5.75 Å². The number of likely N-dealkylation sites (N-methyl/N-ethyl adjacent to an activating group) is 2. The van der Waals surface area contributed by atoms with Crippen molar-refractivity contribution in [3.63, 3.8) is 0 Å². The number of benzene rings is 1. The molecule has 1 saturated heterocycles. The summed E-state index contributed by atoms with van der Waals surface area (Å²) in [4.78, 5) is 65.8. The first-order chi connectivity index (χ1) is 26.8. The Morgan fingerprint density at radius 3 is 2.35 bits per heavy atom. The van der Waals surface area contributed by atoms with Crippen LogP contribution in [0.4, 0.5) is 0 Å². The van der Waals surface area contributed by atoms with Gasteiger partial charge in [0.2, 0.25) is 17.7 Å². The quantitative estimate of drug-likeness (QED) is 0.357. The van der Waals surface area contributed by atoms with E-state index in [9.17, 15) is 29.4 Å². The van der Waals surface area contributed by atoms with E-state index in [1.165, 1.54) is 9.80 Å². The molecule has 1 aromatic carbocycles. The Kier molecular flexibility index (Phi) is 16.9. The number of ether oxygens (including phenoxy) is 2. The van der Waals surface area contributed by atoms with Gasteiger partial charge in [-0.1, -0.05) is 60.1 Å². The van der Waals surface area contributed by atoms with E-state index < -0.39 is 48.6 Å². The number of nitrogens with one attached hydrogen (secondary N) is 1. The fourth-order valence-electron chi connectivity index (χ4n) is 8.14. The van der Waals surface area contributed by atoms with E-state index in [1.54, 1.807) is 44.8 Å². The summed E-state index contributed by atoms with van der Waals surface area (Å²) in [7, 11) is 4.84. The monoisotopic (exact) mass is 815 g/mol.